The van der Waals surface area contributed by atoms with Gasteiger partial charge in [-0.25, -0.2) is 9.97 Å². The van der Waals surface area contributed by atoms with Crippen molar-refractivity contribution >= 4 is 11.9 Å². The molecule has 128 valence electrons. The molecule has 0 aliphatic carbocycles. The monoisotopic (exact) mass is 330 g/mol. The van der Waals surface area contributed by atoms with Crippen molar-refractivity contribution in [3.8, 4) is 0 Å². The highest BCUT2D eigenvalue weighted by Crippen LogP contribution is 2.23. The van der Waals surface area contributed by atoms with E-state index >= 15 is 0 Å². The minimum atomic E-state index is -0.985. The van der Waals surface area contributed by atoms with Crippen molar-refractivity contribution in [2.24, 2.45) is 0 Å². The van der Waals surface area contributed by atoms with Gasteiger partial charge in [0.05, 0.1) is 6.54 Å². The lowest BCUT2D eigenvalue weighted by Gasteiger charge is -2.23. The highest BCUT2D eigenvalue weighted by Gasteiger charge is 2.37. The Hall–Kier alpha value is -2.48. The third kappa shape index (κ3) is 3.70. The Morgan fingerprint density at radius 3 is 2.96 bits per heavy atom. The number of anilines is 1. The van der Waals surface area contributed by atoms with Crippen LogP contribution in [-0.2, 0) is 6.54 Å². The van der Waals surface area contributed by atoms with Gasteiger partial charge < -0.3 is 15.3 Å². The quantitative estimate of drug-likeness (QED) is 0.798. The third-order valence-corrected chi connectivity index (χ3v) is 4.07. The van der Waals surface area contributed by atoms with Gasteiger partial charge in [-0.3, -0.25) is 9.48 Å². The van der Waals surface area contributed by atoms with Gasteiger partial charge in [0.15, 0.2) is 0 Å². The summed E-state index contributed by atoms with van der Waals surface area (Å²) >= 11 is 0. The van der Waals surface area contributed by atoms with Crippen LogP contribution in [0.2, 0.25) is 0 Å². The molecule has 0 spiro atoms. The van der Waals surface area contributed by atoms with Gasteiger partial charge in [0, 0.05) is 38.2 Å². The van der Waals surface area contributed by atoms with Crippen LogP contribution in [0.25, 0.3) is 0 Å². The predicted octanol–water partition coefficient (Wildman–Crippen LogP) is 0.454. The second kappa shape index (κ2) is 6.96. The molecule has 2 N–H and O–H groups in total. The van der Waals surface area contributed by atoms with Crippen molar-refractivity contribution in [3.63, 3.8) is 0 Å². The molecule has 24 heavy (non-hydrogen) atoms. The fourth-order valence-electron chi connectivity index (χ4n) is 2.80. The number of carbonyl (C=O) groups is 1. The molecule has 1 atom stereocenters. The van der Waals surface area contributed by atoms with Crippen LogP contribution in [0.15, 0.2) is 30.7 Å². The smallest absolute Gasteiger partial charge is 0.271 e. The van der Waals surface area contributed by atoms with Crippen molar-refractivity contribution in [3.05, 3.63) is 36.4 Å². The number of carbonyl (C=O) groups excluding carboxylic acids is 1. The first-order valence-corrected chi connectivity index (χ1v) is 8.16. The lowest BCUT2D eigenvalue weighted by Crippen LogP contribution is -2.45. The Morgan fingerprint density at radius 1 is 1.42 bits per heavy atom. The summed E-state index contributed by atoms with van der Waals surface area (Å²) in [5, 5.41) is 17.7. The van der Waals surface area contributed by atoms with Gasteiger partial charge in [-0.05, 0) is 25.0 Å². The van der Waals surface area contributed by atoms with Crippen LogP contribution in [0, 0.1) is 0 Å². The van der Waals surface area contributed by atoms with E-state index < -0.39 is 5.60 Å². The maximum absolute atomic E-state index is 12.2. The van der Waals surface area contributed by atoms with Gasteiger partial charge in [-0.1, -0.05) is 6.92 Å². The highest BCUT2D eigenvalue weighted by atomic mass is 16.3. The minimum Gasteiger partial charge on any atom is -0.386 e. The summed E-state index contributed by atoms with van der Waals surface area (Å²) in [6.07, 6.45) is 6.65. The van der Waals surface area contributed by atoms with E-state index in [1.807, 2.05) is 4.90 Å². The normalized spacial score (nSPS) is 20.3. The molecular formula is C16H22N6O2. The van der Waals surface area contributed by atoms with Crippen LogP contribution >= 0.6 is 0 Å². The zero-order valence-electron chi connectivity index (χ0n) is 13.7. The van der Waals surface area contributed by atoms with Crippen LogP contribution in [0.4, 0.5) is 5.95 Å². The third-order valence-electron chi connectivity index (χ3n) is 4.07. The summed E-state index contributed by atoms with van der Waals surface area (Å²) in [5.74, 6) is 0.325. The molecule has 2 aromatic rings. The predicted molar refractivity (Wildman–Crippen MR) is 88.7 cm³/mol. The molecule has 8 nitrogen and oxygen atoms in total. The second-order valence-electron chi connectivity index (χ2n) is 6.09. The van der Waals surface area contributed by atoms with E-state index in [0.717, 1.165) is 13.0 Å². The SMILES string of the molecule is CCCn1ccc(C(=O)NC[C@@]2(O)CCN(c3ncccn3)C2)n1. The summed E-state index contributed by atoms with van der Waals surface area (Å²) in [5.41, 5.74) is -0.616. The Balaban J connectivity index is 1.55. The second-order valence-corrected chi connectivity index (χ2v) is 6.09. The largest absolute Gasteiger partial charge is 0.386 e. The standard InChI is InChI=1S/C16H22N6O2/c1-2-8-22-9-4-13(20-22)14(23)19-11-16(24)5-10-21(12-16)15-17-6-3-7-18-15/h3-4,6-7,9,24H,2,5,8,10-12H2,1H3,(H,19,23)/t16-/m0/s1. The van der Waals surface area contributed by atoms with E-state index in [9.17, 15) is 9.90 Å². The van der Waals surface area contributed by atoms with E-state index in [1.54, 1.807) is 35.4 Å². The number of nitrogens with one attached hydrogen (secondary N) is 1. The van der Waals surface area contributed by atoms with Crippen molar-refractivity contribution in [2.45, 2.75) is 31.9 Å². The Kier molecular flexibility index (Phi) is 4.75. The summed E-state index contributed by atoms with van der Waals surface area (Å²) < 4.78 is 1.74. The van der Waals surface area contributed by atoms with E-state index in [0.29, 0.717) is 31.2 Å². The van der Waals surface area contributed by atoms with Gasteiger partial charge in [-0.15, -0.1) is 0 Å². The molecule has 3 rings (SSSR count). The van der Waals surface area contributed by atoms with Gasteiger partial charge in [-0.2, -0.15) is 5.10 Å². The number of hydrogen-bond acceptors (Lipinski definition) is 6. The molecule has 8 heteroatoms. The fraction of sp³-hybridized carbons (Fsp3) is 0.500. The number of hydrogen-bond donors (Lipinski definition) is 2. The molecule has 0 unspecified atom stereocenters. The molecule has 1 aliphatic heterocycles. The van der Waals surface area contributed by atoms with Crippen LogP contribution in [-0.4, -0.2) is 56.0 Å². The molecule has 0 radical (unpaired) electrons. The first kappa shape index (κ1) is 16.4. The zero-order valence-corrected chi connectivity index (χ0v) is 13.7. The molecule has 1 fully saturated rings. The Labute approximate surface area is 140 Å². The summed E-state index contributed by atoms with van der Waals surface area (Å²) in [6, 6.07) is 3.44. The van der Waals surface area contributed by atoms with Crippen molar-refractivity contribution in [1.29, 1.82) is 0 Å². The summed E-state index contributed by atoms with van der Waals surface area (Å²) in [6.45, 7) is 4.06. The first-order chi connectivity index (χ1) is 11.6. The molecular weight excluding hydrogens is 308 g/mol. The Morgan fingerprint density at radius 2 is 2.21 bits per heavy atom. The van der Waals surface area contributed by atoms with Crippen LogP contribution < -0.4 is 10.2 Å². The average molecular weight is 330 g/mol. The maximum Gasteiger partial charge on any atom is 0.271 e. The Bertz CT molecular complexity index is 689. The van der Waals surface area contributed by atoms with E-state index in [1.165, 1.54) is 0 Å². The summed E-state index contributed by atoms with van der Waals surface area (Å²) in [4.78, 5) is 22.5. The van der Waals surface area contributed by atoms with Gasteiger partial charge in [0.1, 0.15) is 11.3 Å². The van der Waals surface area contributed by atoms with E-state index in [-0.39, 0.29) is 12.5 Å². The van der Waals surface area contributed by atoms with E-state index in [4.69, 9.17) is 0 Å². The molecule has 0 saturated carbocycles. The van der Waals surface area contributed by atoms with Crippen molar-refractivity contribution < 1.29 is 9.90 Å². The topological polar surface area (TPSA) is 96.2 Å². The highest BCUT2D eigenvalue weighted by molar-refractivity contribution is 5.92. The lowest BCUT2D eigenvalue weighted by atomic mass is 10.0. The number of aliphatic hydroxyl groups is 1. The number of nitrogens with zero attached hydrogens (tertiary/aromatic N) is 5. The summed E-state index contributed by atoms with van der Waals surface area (Å²) in [7, 11) is 0. The number of amides is 1. The first-order valence-electron chi connectivity index (χ1n) is 8.16. The fourth-order valence-corrected chi connectivity index (χ4v) is 2.80. The lowest BCUT2D eigenvalue weighted by molar-refractivity contribution is 0.0573. The number of aryl methyl sites for hydroxylation is 1. The van der Waals surface area contributed by atoms with E-state index in [2.05, 4.69) is 27.3 Å². The molecule has 0 aromatic carbocycles. The number of rotatable bonds is 6. The van der Waals surface area contributed by atoms with Crippen molar-refractivity contribution in [2.75, 3.05) is 24.5 Å². The minimum absolute atomic E-state index is 0.176. The molecule has 3 heterocycles. The van der Waals surface area contributed by atoms with Crippen LogP contribution in [0.1, 0.15) is 30.3 Å². The van der Waals surface area contributed by atoms with Gasteiger partial charge in [0.25, 0.3) is 5.91 Å². The molecule has 0 bridgehead atoms. The number of aromatic nitrogens is 4. The average Bonchev–Trinajstić information content (AvgIpc) is 3.22. The van der Waals surface area contributed by atoms with Crippen molar-refractivity contribution in [1.82, 2.24) is 25.1 Å². The number of β-amino-alcohol motifs (C(OH)–C–C–N with tert-alkyl or cyclic N) is 1. The maximum atomic E-state index is 12.2. The molecule has 1 aliphatic rings. The van der Waals surface area contributed by atoms with Gasteiger partial charge >= 0.3 is 0 Å². The molecule has 1 amide bonds. The van der Waals surface area contributed by atoms with Gasteiger partial charge in [0.2, 0.25) is 5.95 Å². The van der Waals surface area contributed by atoms with Crippen LogP contribution in [0.5, 0.6) is 0 Å². The molecule has 2 aromatic heterocycles. The van der Waals surface area contributed by atoms with Crippen LogP contribution in [0.3, 0.4) is 0 Å². The zero-order chi connectivity index (χ0) is 17.0. The molecule has 1 saturated heterocycles.